The molecule has 0 aliphatic carbocycles. The number of hydrogen-bond acceptors (Lipinski definition) is 3. The Kier molecular flexibility index (Phi) is 4.29. The maximum absolute atomic E-state index is 12.7. The molecule has 3 nitrogen and oxygen atoms in total. The summed E-state index contributed by atoms with van der Waals surface area (Å²) in [6, 6.07) is 2.15. The van der Waals surface area contributed by atoms with Gasteiger partial charge >= 0.3 is 6.18 Å². The average Bonchev–Trinajstić information content (AvgIpc) is 2.63. The van der Waals surface area contributed by atoms with Crippen molar-refractivity contribution < 1.29 is 13.2 Å². The molecule has 1 aromatic heterocycles. The predicted molar refractivity (Wildman–Crippen MR) is 68.1 cm³/mol. The number of rotatable bonds is 2. The minimum absolute atomic E-state index is 0.414. The molecule has 1 aliphatic rings. The zero-order valence-electron chi connectivity index (χ0n) is 10.9. The average molecular weight is 273 g/mol. The van der Waals surface area contributed by atoms with Crippen molar-refractivity contribution >= 4 is 5.82 Å². The molecule has 1 atom stereocenters. The van der Waals surface area contributed by atoms with E-state index >= 15 is 0 Å². The molecule has 0 aromatic carbocycles. The van der Waals surface area contributed by atoms with Crippen molar-refractivity contribution in [3.05, 3.63) is 23.9 Å². The van der Waals surface area contributed by atoms with Crippen LogP contribution in [0.15, 0.2) is 18.3 Å². The molecule has 1 saturated heterocycles. The summed E-state index contributed by atoms with van der Waals surface area (Å²) in [6.07, 6.45) is -2.08. The Morgan fingerprint density at radius 2 is 2.26 bits per heavy atom. The van der Waals surface area contributed by atoms with Gasteiger partial charge in [-0.25, -0.2) is 4.98 Å². The van der Waals surface area contributed by atoms with Crippen LogP contribution in [0.2, 0.25) is 0 Å². The van der Waals surface area contributed by atoms with Gasteiger partial charge in [0.25, 0.3) is 0 Å². The maximum atomic E-state index is 12.7. The lowest BCUT2D eigenvalue weighted by atomic mass is 10.1. The zero-order chi connectivity index (χ0) is 13.9. The number of alkyl halides is 3. The molecule has 1 N–H and O–H groups in total. The fourth-order valence-corrected chi connectivity index (χ4v) is 2.24. The van der Waals surface area contributed by atoms with Crippen molar-refractivity contribution in [3.8, 4) is 0 Å². The Bertz CT molecular complexity index is 420. The lowest BCUT2D eigenvalue weighted by Crippen LogP contribution is -2.30. The fourth-order valence-electron chi connectivity index (χ4n) is 2.24. The van der Waals surface area contributed by atoms with Gasteiger partial charge in [0.05, 0.1) is 5.56 Å². The van der Waals surface area contributed by atoms with Crippen molar-refractivity contribution in [2.24, 2.45) is 5.92 Å². The Morgan fingerprint density at radius 3 is 2.95 bits per heavy atom. The molecule has 106 valence electrons. The predicted octanol–water partition coefficient (Wildman–Crippen LogP) is 2.54. The normalized spacial score (nSPS) is 21.3. The first kappa shape index (κ1) is 14.1. The summed E-state index contributed by atoms with van der Waals surface area (Å²) in [4.78, 5) is 6.02. The van der Waals surface area contributed by atoms with E-state index in [0.717, 1.165) is 38.2 Å². The third-order valence-corrected chi connectivity index (χ3v) is 3.44. The van der Waals surface area contributed by atoms with Crippen LogP contribution in [-0.4, -0.2) is 31.2 Å². The van der Waals surface area contributed by atoms with Crippen molar-refractivity contribution in [1.82, 2.24) is 10.3 Å². The Morgan fingerprint density at radius 1 is 1.47 bits per heavy atom. The summed E-state index contributed by atoms with van der Waals surface area (Å²) in [6.45, 7) is 5.21. The summed E-state index contributed by atoms with van der Waals surface area (Å²) in [5, 5.41) is 3.30. The molecule has 0 amide bonds. The van der Waals surface area contributed by atoms with Gasteiger partial charge in [-0.2, -0.15) is 13.2 Å². The number of anilines is 1. The molecule has 0 bridgehead atoms. The second kappa shape index (κ2) is 5.77. The third kappa shape index (κ3) is 3.59. The van der Waals surface area contributed by atoms with Crippen LogP contribution in [0.5, 0.6) is 0 Å². The van der Waals surface area contributed by atoms with E-state index in [-0.39, 0.29) is 0 Å². The quantitative estimate of drug-likeness (QED) is 0.897. The lowest BCUT2D eigenvalue weighted by molar-refractivity contribution is -0.137. The van der Waals surface area contributed by atoms with Gasteiger partial charge < -0.3 is 10.2 Å². The summed E-state index contributed by atoms with van der Waals surface area (Å²) in [7, 11) is 0. The molecule has 2 rings (SSSR count). The van der Waals surface area contributed by atoms with Gasteiger partial charge in [0.15, 0.2) is 0 Å². The van der Waals surface area contributed by atoms with Crippen LogP contribution in [0.3, 0.4) is 0 Å². The molecule has 0 spiro atoms. The van der Waals surface area contributed by atoms with E-state index in [1.165, 1.54) is 6.20 Å². The Labute approximate surface area is 110 Å². The standard InChI is InChI=1S/C13H18F3N3/c1-2-10-8-17-5-6-19(9-10)12-7-11(3-4-18-12)13(14,15)16/h3-4,7,10,17H,2,5-6,8-9H2,1H3. The van der Waals surface area contributed by atoms with Crippen LogP contribution >= 0.6 is 0 Å². The number of halogens is 3. The van der Waals surface area contributed by atoms with Crippen molar-refractivity contribution in [2.75, 3.05) is 31.1 Å². The monoisotopic (exact) mass is 273 g/mol. The van der Waals surface area contributed by atoms with Crippen molar-refractivity contribution in [3.63, 3.8) is 0 Å². The van der Waals surface area contributed by atoms with Crippen LogP contribution in [0.4, 0.5) is 19.0 Å². The number of aromatic nitrogens is 1. The van der Waals surface area contributed by atoms with Crippen molar-refractivity contribution in [1.29, 1.82) is 0 Å². The molecule has 1 unspecified atom stereocenters. The first-order valence-corrected chi connectivity index (χ1v) is 6.49. The van der Waals surface area contributed by atoms with E-state index in [2.05, 4.69) is 17.2 Å². The van der Waals surface area contributed by atoms with Crippen LogP contribution in [0, 0.1) is 5.92 Å². The summed E-state index contributed by atoms with van der Waals surface area (Å²) in [5.41, 5.74) is -0.636. The number of nitrogens with zero attached hydrogens (tertiary/aromatic N) is 2. The van der Waals surface area contributed by atoms with Crippen LogP contribution in [-0.2, 0) is 6.18 Å². The highest BCUT2D eigenvalue weighted by Crippen LogP contribution is 2.31. The molecular formula is C13H18F3N3. The minimum Gasteiger partial charge on any atom is -0.355 e. The van der Waals surface area contributed by atoms with Crippen LogP contribution in [0.1, 0.15) is 18.9 Å². The largest absolute Gasteiger partial charge is 0.416 e. The lowest BCUT2D eigenvalue weighted by Gasteiger charge is -2.25. The summed E-state index contributed by atoms with van der Waals surface area (Å²) in [5.74, 6) is 0.857. The van der Waals surface area contributed by atoms with E-state index < -0.39 is 11.7 Å². The van der Waals surface area contributed by atoms with Crippen LogP contribution < -0.4 is 10.2 Å². The molecule has 6 heteroatoms. The minimum atomic E-state index is -4.31. The molecule has 2 heterocycles. The summed E-state index contributed by atoms with van der Waals surface area (Å²) >= 11 is 0. The highest BCUT2D eigenvalue weighted by molar-refractivity contribution is 5.42. The molecule has 19 heavy (non-hydrogen) atoms. The van der Waals surface area contributed by atoms with E-state index in [9.17, 15) is 13.2 Å². The van der Waals surface area contributed by atoms with E-state index in [0.29, 0.717) is 18.3 Å². The van der Waals surface area contributed by atoms with E-state index in [1.54, 1.807) is 0 Å². The van der Waals surface area contributed by atoms with Gasteiger partial charge in [0.2, 0.25) is 0 Å². The maximum Gasteiger partial charge on any atom is 0.416 e. The van der Waals surface area contributed by atoms with Gasteiger partial charge in [-0.15, -0.1) is 0 Å². The SMILES string of the molecule is CCC1CNCCN(c2cc(C(F)(F)F)ccn2)C1. The second-order valence-electron chi connectivity index (χ2n) is 4.82. The molecule has 1 aliphatic heterocycles. The third-order valence-electron chi connectivity index (χ3n) is 3.44. The smallest absolute Gasteiger partial charge is 0.355 e. The Balaban J connectivity index is 2.20. The number of pyridine rings is 1. The highest BCUT2D eigenvalue weighted by atomic mass is 19.4. The molecule has 1 fully saturated rings. The van der Waals surface area contributed by atoms with Crippen LogP contribution in [0.25, 0.3) is 0 Å². The molecule has 0 radical (unpaired) electrons. The van der Waals surface area contributed by atoms with E-state index in [4.69, 9.17) is 0 Å². The fraction of sp³-hybridized carbons (Fsp3) is 0.615. The molecular weight excluding hydrogens is 255 g/mol. The molecule has 0 saturated carbocycles. The van der Waals surface area contributed by atoms with Gasteiger partial charge in [-0.3, -0.25) is 0 Å². The van der Waals surface area contributed by atoms with Gasteiger partial charge in [-0.05, 0) is 24.6 Å². The van der Waals surface area contributed by atoms with Gasteiger partial charge in [0.1, 0.15) is 5.82 Å². The van der Waals surface area contributed by atoms with Crippen molar-refractivity contribution in [2.45, 2.75) is 19.5 Å². The first-order valence-electron chi connectivity index (χ1n) is 6.49. The van der Waals surface area contributed by atoms with Gasteiger partial charge in [-0.1, -0.05) is 13.3 Å². The first-order chi connectivity index (χ1) is 9.00. The zero-order valence-corrected chi connectivity index (χ0v) is 10.9. The highest BCUT2D eigenvalue weighted by Gasteiger charge is 2.31. The number of nitrogens with one attached hydrogen (secondary N) is 1. The topological polar surface area (TPSA) is 28.2 Å². The van der Waals surface area contributed by atoms with E-state index in [1.807, 2.05) is 4.90 Å². The number of hydrogen-bond donors (Lipinski definition) is 1. The Hall–Kier alpha value is -1.30. The van der Waals surface area contributed by atoms with Gasteiger partial charge in [0, 0.05) is 25.8 Å². The summed E-state index contributed by atoms with van der Waals surface area (Å²) < 4.78 is 38.1. The second-order valence-corrected chi connectivity index (χ2v) is 4.82. The molecule has 1 aromatic rings.